The van der Waals surface area contributed by atoms with Gasteiger partial charge in [-0.2, -0.15) is 5.10 Å². The molecule has 0 radical (unpaired) electrons. The van der Waals surface area contributed by atoms with Crippen LogP contribution in [0.4, 0.5) is 0 Å². The van der Waals surface area contributed by atoms with Gasteiger partial charge in [0.2, 0.25) is 0 Å². The number of hydrogen-bond acceptors (Lipinski definition) is 5. The Balaban J connectivity index is 1.40. The summed E-state index contributed by atoms with van der Waals surface area (Å²) in [6.45, 7) is 1.65. The molecule has 6 nitrogen and oxygen atoms in total. The number of ether oxygens (including phenoxy) is 2. The van der Waals surface area contributed by atoms with Gasteiger partial charge in [-0.3, -0.25) is 4.79 Å². The smallest absolute Gasteiger partial charge is 0.343 e. The quantitative estimate of drug-likeness (QED) is 0.147. The van der Waals surface area contributed by atoms with Crippen LogP contribution in [0.3, 0.4) is 0 Å². The normalized spacial score (nSPS) is 11.8. The van der Waals surface area contributed by atoms with E-state index in [1.807, 2.05) is 48.5 Å². The topological polar surface area (TPSA) is 77.0 Å². The first kappa shape index (κ1) is 23.2. The van der Waals surface area contributed by atoms with Crippen molar-refractivity contribution in [1.29, 1.82) is 0 Å². The molecule has 0 aliphatic carbocycles. The van der Waals surface area contributed by atoms with Gasteiger partial charge in [-0.25, -0.2) is 10.2 Å². The fourth-order valence-electron chi connectivity index (χ4n) is 3.20. The van der Waals surface area contributed by atoms with Crippen LogP contribution < -0.4 is 14.9 Å². The second-order valence-electron chi connectivity index (χ2n) is 7.44. The van der Waals surface area contributed by atoms with Crippen LogP contribution in [0.25, 0.3) is 10.8 Å². The Morgan fingerprint density at radius 1 is 0.912 bits per heavy atom. The van der Waals surface area contributed by atoms with Gasteiger partial charge in [-0.15, -0.1) is 0 Å². The number of hydrogen-bond donors (Lipinski definition) is 1. The number of fused-ring (bicyclic) bond motifs is 1. The molecule has 4 rings (SSSR count). The predicted octanol–water partition coefficient (Wildman–Crippen LogP) is 5.74. The summed E-state index contributed by atoms with van der Waals surface area (Å²) in [4.78, 5) is 24.9. The number of halogens is 1. The molecule has 4 aromatic carbocycles. The van der Waals surface area contributed by atoms with Crippen molar-refractivity contribution < 1.29 is 19.1 Å². The van der Waals surface area contributed by atoms with E-state index in [1.54, 1.807) is 49.4 Å². The highest BCUT2D eigenvalue weighted by atomic mass is 79.9. The summed E-state index contributed by atoms with van der Waals surface area (Å²) in [6, 6.07) is 27.4. The summed E-state index contributed by atoms with van der Waals surface area (Å²) in [6.07, 6.45) is 0.648. The summed E-state index contributed by atoms with van der Waals surface area (Å²) in [5, 5.41) is 6.14. The van der Waals surface area contributed by atoms with E-state index >= 15 is 0 Å². The molecule has 0 heterocycles. The highest BCUT2D eigenvalue weighted by molar-refractivity contribution is 9.10. The monoisotopic (exact) mass is 516 g/mol. The number of esters is 1. The number of amides is 1. The van der Waals surface area contributed by atoms with E-state index in [1.165, 1.54) is 6.21 Å². The molecule has 0 aliphatic heterocycles. The Labute approximate surface area is 205 Å². The average molecular weight is 517 g/mol. The van der Waals surface area contributed by atoms with Crippen LogP contribution in [0.2, 0.25) is 0 Å². The number of benzene rings is 4. The van der Waals surface area contributed by atoms with Crippen molar-refractivity contribution in [1.82, 2.24) is 5.43 Å². The van der Waals surface area contributed by atoms with Crippen LogP contribution in [0.1, 0.15) is 22.8 Å². The molecule has 0 aliphatic rings. The molecular weight excluding hydrogens is 496 g/mol. The molecule has 0 spiro atoms. The van der Waals surface area contributed by atoms with E-state index in [2.05, 4.69) is 26.5 Å². The van der Waals surface area contributed by atoms with Gasteiger partial charge < -0.3 is 9.47 Å². The second-order valence-corrected chi connectivity index (χ2v) is 8.36. The van der Waals surface area contributed by atoms with Crippen molar-refractivity contribution in [3.05, 3.63) is 107 Å². The third-order valence-corrected chi connectivity index (χ3v) is 5.46. The van der Waals surface area contributed by atoms with Crippen molar-refractivity contribution in [2.75, 3.05) is 0 Å². The van der Waals surface area contributed by atoms with Gasteiger partial charge in [0.05, 0.1) is 11.8 Å². The van der Waals surface area contributed by atoms with Gasteiger partial charge in [0, 0.05) is 10.0 Å². The summed E-state index contributed by atoms with van der Waals surface area (Å²) >= 11 is 3.40. The minimum atomic E-state index is -0.767. The van der Waals surface area contributed by atoms with Gasteiger partial charge in [-0.05, 0) is 60.2 Å². The van der Waals surface area contributed by atoms with E-state index in [9.17, 15) is 9.59 Å². The molecule has 0 aromatic heterocycles. The van der Waals surface area contributed by atoms with Gasteiger partial charge >= 0.3 is 5.97 Å². The number of nitrogens with one attached hydrogen (secondary N) is 1. The number of carbonyl (C=O) groups is 2. The molecule has 0 saturated heterocycles. The Morgan fingerprint density at radius 3 is 2.44 bits per heavy atom. The maximum atomic E-state index is 12.5. The molecule has 0 fully saturated rings. The zero-order chi connectivity index (χ0) is 23.9. The van der Waals surface area contributed by atoms with E-state index in [0.717, 1.165) is 15.2 Å². The van der Waals surface area contributed by atoms with Crippen LogP contribution >= 0.6 is 15.9 Å². The fourth-order valence-corrected chi connectivity index (χ4v) is 3.58. The minimum Gasteiger partial charge on any atom is -0.481 e. The Hall–Kier alpha value is -3.97. The summed E-state index contributed by atoms with van der Waals surface area (Å²) < 4.78 is 12.1. The van der Waals surface area contributed by atoms with Crippen molar-refractivity contribution >= 4 is 44.8 Å². The largest absolute Gasteiger partial charge is 0.481 e. The van der Waals surface area contributed by atoms with Crippen LogP contribution in [-0.2, 0) is 4.79 Å². The molecule has 1 N–H and O–H groups in total. The first-order valence-electron chi connectivity index (χ1n) is 10.5. The van der Waals surface area contributed by atoms with Crippen molar-refractivity contribution in [3.8, 4) is 11.5 Å². The van der Waals surface area contributed by atoms with Gasteiger partial charge in [0.25, 0.3) is 5.91 Å². The lowest BCUT2D eigenvalue weighted by atomic mass is 10.1. The van der Waals surface area contributed by atoms with E-state index in [0.29, 0.717) is 22.6 Å². The molecule has 170 valence electrons. The first-order chi connectivity index (χ1) is 16.5. The lowest BCUT2D eigenvalue weighted by molar-refractivity contribution is -0.127. The summed E-state index contributed by atoms with van der Waals surface area (Å²) in [7, 11) is 0. The van der Waals surface area contributed by atoms with Crippen LogP contribution in [0.15, 0.2) is 101 Å². The number of rotatable bonds is 7. The van der Waals surface area contributed by atoms with E-state index in [4.69, 9.17) is 9.47 Å². The molecule has 7 heteroatoms. The third-order valence-electron chi connectivity index (χ3n) is 4.97. The highest BCUT2D eigenvalue weighted by Crippen LogP contribution is 2.23. The molecule has 0 saturated carbocycles. The third kappa shape index (κ3) is 5.88. The molecule has 1 amide bonds. The number of hydrazone groups is 1. The minimum absolute atomic E-state index is 0.315. The molecule has 0 unspecified atom stereocenters. The molecule has 34 heavy (non-hydrogen) atoms. The number of nitrogens with zero attached hydrogens (tertiary/aromatic N) is 1. The van der Waals surface area contributed by atoms with Gasteiger partial charge in [-0.1, -0.05) is 64.5 Å². The zero-order valence-corrected chi connectivity index (χ0v) is 19.9. The van der Waals surface area contributed by atoms with Crippen molar-refractivity contribution in [2.24, 2.45) is 5.10 Å². The molecule has 0 bridgehead atoms. The van der Waals surface area contributed by atoms with Crippen LogP contribution in [0.5, 0.6) is 11.5 Å². The lowest BCUT2D eigenvalue weighted by Crippen LogP contribution is -2.33. The zero-order valence-electron chi connectivity index (χ0n) is 18.3. The van der Waals surface area contributed by atoms with Crippen molar-refractivity contribution in [3.63, 3.8) is 0 Å². The summed E-state index contributed by atoms with van der Waals surface area (Å²) in [5.41, 5.74) is 3.42. The van der Waals surface area contributed by atoms with E-state index in [-0.39, 0.29) is 0 Å². The highest BCUT2D eigenvalue weighted by Gasteiger charge is 2.15. The standard InChI is InChI=1S/C27H21BrN2O4/c1-18(33-24-13-11-19-7-5-6-10-21(19)16-24)26(31)30-29-17-22-15-23(28)12-14-25(22)34-27(32)20-8-3-2-4-9-20/h2-18H,1H3,(H,30,31)/b29-17-/t18-/m1/s1. The Bertz CT molecular complexity index is 1360. The SMILES string of the molecule is C[C@@H](Oc1ccc2ccccc2c1)C(=O)N/N=C\c1cc(Br)ccc1OC(=O)c1ccccc1. The molecule has 1 atom stereocenters. The average Bonchev–Trinajstić information content (AvgIpc) is 2.86. The lowest BCUT2D eigenvalue weighted by Gasteiger charge is -2.13. The number of carbonyl (C=O) groups excluding carboxylic acids is 2. The van der Waals surface area contributed by atoms with Crippen LogP contribution in [-0.4, -0.2) is 24.2 Å². The Kier molecular flexibility index (Phi) is 7.34. The fraction of sp³-hybridized carbons (Fsp3) is 0.0741. The van der Waals surface area contributed by atoms with E-state index < -0.39 is 18.0 Å². The second kappa shape index (κ2) is 10.8. The van der Waals surface area contributed by atoms with Gasteiger partial charge in [0.1, 0.15) is 11.5 Å². The summed E-state index contributed by atoms with van der Waals surface area (Å²) in [5.74, 6) is 0.00388. The van der Waals surface area contributed by atoms with Gasteiger partial charge in [0.15, 0.2) is 6.10 Å². The molecular formula is C27H21BrN2O4. The predicted molar refractivity (Wildman–Crippen MR) is 135 cm³/mol. The van der Waals surface area contributed by atoms with Crippen molar-refractivity contribution in [2.45, 2.75) is 13.0 Å². The Morgan fingerprint density at radius 2 is 1.65 bits per heavy atom. The van der Waals surface area contributed by atoms with Crippen LogP contribution in [0, 0.1) is 0 Å². The first-order valence-corrected chi connectivity index (χ1v) is 11.3. The maximum absolute atomic E-state index is 12.5. The molecule has 4 aromatic rings. The maximum Gasteiger partial charge on any atom is 0.343 e.